The Bertz CT molecular complexity index is 845. The summed E-state index contributed by atoms with van der Waals surface area (Å²) in [6.45, 7) is 3.62. The maximum absolute atomic E-state index is 9.59. The molecule has 1 heterocycles. The molecular formula is C21H26N2O2. The van der Waals surface area contributed by atoms with Crippen LogP contribution in [0.3, 0.4) is 0 Å². The number of H-pyrrole nitrogens is 1. The zero-order valence-electron chi connectivity index (χ0n) is 15.1. The number of allylic oxidation sites excluding steroid dienone is 4. The zero-order chi connectivity index (χ0) is 18.0. The Morgan fingerprint density at radius 1 is 1.36 bits per heavy atom. The number of aromatic amines is 1. The maximum Gasteiger partial charge on any atom is 0.302 e. The summed E-state index contributed by atoms with van der Waals surface area (Å²) in [4.78, 5) is 13.2. The number of rotatable bonds is 1. The number of nitrogens with one attached hydrogen (secondary N) is 1. The number of methoxy groups -OCH3 is 1. The van der Waals surface area contributed by atoms with Gasteiger partial charge in [-0.05, 0) is 47.9 Å². The van der Waals surface area contributed by atoms with E-state index in [2.05, 4.69) is 53.1 Å². The fourth-order valence-corrected chi connectivity index (χ4v) is 3.52. The molecule has 25 heavy (non-hydrogen) atoms. The second-order valence-electron chi connectivity index (χ2n) is 6.82. The zero-order valence-corrected chi connectivity index (χ0v) is 15.1. The van der Waals surface area contributed by atoms with Crippen LogP contribution in [0.4, 0.5) is 0 Å². The van der Waals surface area contributed by atoms with E-state index in [1.807, 2.05) is 0 Å². The molecule has 0 fully saturated rings. The van der Waals surface area contributed by atoms with E-state index in [0.29, 0.717) is 5.92 Å². The van der Waals surface area contributed by atoms with E-state index < -0.39 is 0 Å². The van der Waals surface area contributed by atoms with Gasteiger partial charge in [-0.15, -0.1) is 0 Å². The average Bonchev–Trinajstić information content (AvgIpc) is 2.99. The van der Waals surface area contributed by atoms with Crippen molar-refractivity contribution < 1.29 is 9.53 Å². The molecule has 2 aliphatic carbocycles. The normalized spacial score (nSPS) is 21.4. The minimum absolute atomic E-state index is 0.186. The molecule has 132 valence electrons. The smallest absolute Gasteiger partial charge is 0.302 e. The van der Waals surface area contributed by atoms with E-state index in [1.165, 1.54) is 47.3 Å². The van der Waals surface area contributed by atoms with Crippen LogP contribution in [0.15, 0.2) is 36.4 Å². The van der Waals surface area contributed by atoms with Crippen molar-refractivity contribution in [3.63, 3.8) is 0 Å². The maximum atomic E-state index is 9.59. The molecular weight excluding hydrogens is 312 g/mol. The molecule has 0 saturated heterocycles. The van der Waals surface area contributed by atoms with Crippen LogP contribution in [0.25, 0.3) is 16.5 Å². The first kappa shape index (κ1) is 17.5. The first-order chi connectivity index (χ1) is 12.0. The van der Waals surface area contributed by atoms with Crippen molar-refractivity contribution in [3.05, 3.63) is 53.2 Å². The molecule has 0 amide bonds. The fourth-order valence-electron chi connectivity index (χ4n) is 3.52. The van der Waals surface area contributed by atoms with Crippen LogP contribution in [-0.4, -0.2) is 18.1 Å². The molecule has 2 aliphatic rings. The monoisotopic (exact) mass is 338 g/mol. The van der Waals surface area contributed by atoms with Gasteiger partial charge in [-0.2, -0.15) is 0 Å². The third kappa shape index (κ3) is 3.54. The number of ether oxygens (including phenoxy) is 1. The van der Waals surface area contributed by atoms with Crippen molar-refractivity contribution in [2.75, 3.05) is 7.11 Å². The van der Waals surface area contributed by atoms with Crippen LogP contribution in [0.1, 0.15) is 49.6 Å². The van der Waals surface area contributed by atoms with Gasteiger partial charge in [0.25, 0.3) is 0 Å². The Hall–Kier alpha value is -2.33. The number of hydrogen-bond donors (Lipinski definition) is 2. The molecule has 3 N–H and O–H groups in total. The third-order valence-electron chi connectivity index (χ3n) is 4.95. The third-order valence-corrected chi connectivity index (χ3v) is 4.95. The molecule has 0 bridgehead atoms. The molecule has 4 nitrogen and oxygen atoms in total. The Morgan fingerprint density at radius 2 is 2.12 bits per heavy atom. The number of aromatic nitrogens is 1. The summed E-state index contributed by atoms with van der Waals surface area (Å²) in [7, 11) is 1.35. The minimum atomic E-state index is -0.245. The van der Waals surface area contributed by atoms with E-state index in [-0.39, 0.29) is 12.0 Å². The summed E-state index contributed by atoms with van der Waals surface area (Å²) in [6.07, 6.45) is 10.2. The van der Waals surface area contributed by atoms with Crippen molar-refractivity contribution >= 4 is 22.4 Å². The predicted octanol–water partition coefficient (Wildman–Crippen LogP) is 4.27. The van der Waals surface area contributed by atoms with Crippen LogP contribution in [-0.2, 0) is 16.0 Å². The van der Waals surface area contributed by atoms with E-state index >= 15 is 0 Å². The molecule has 4 heteroatoms. The van der Waals surface area contributed by atoms with Gasteiger partial charge >= 0.3 is 5.97 Å². The minimum Gasteiger partial charge on any atom is -0.469 e. The van der Waals surface area contributed by atoms with Crippen LogP contribution in [0.2, 0.25) is 0 Å². The van der Waals surface area contributed by atoms with E-state index in [4.69, 9.17) is 5.73 Å². The molecule has 4 rings (SSSR count). The molecule has 2 unspecified atom stereocenters. The van der Waals surface area contributed by atoms with Crippen molar-refractivity contribution in [2.45, 2.75) is 39.2 Å². The van der Waals surface area contributed by atoms with Gasteiger partial charge < -0.3 is 15.5 Å². The highest BCUT2D eigenvalue weighted by Crippen LogP contribution is 2.39. The van der Waals surface area contributed by atoms with Gasteiger partial charge in [-0.3, -0.25) is 4.79 Å². The number of nitrogens with two attached hydrogens (primary N) is 1. The van der Waals surface area contributed by atoms with Crippen LogP contribution >= 0.6 is 0 Å². The lowest BCUT2D eigenvalue weighted by molar-refractivity contribution is -0.137. The van der Waals surface area contributed by atoms with E-state index in [1.54, 1.807) is 0 Å². The number of hydrogen-bond acceptors (Lipinski definition) is 3. The summed E-state index contributed by atoms with van der Waals surface area (Å²) >= 11 is 0. The largest absolute Gasteiger partial charge is 0.469 e. The van der Waals surface area contributed by atoms with Crippen molar-refractivity contribution in [1.82, 2.24) is 4.98 Å². The van der Waals surface area contributed by atoms with Gasteiger partial charge in [-0.1, -0.05) is 37.3 Å². The number of benzene rings is 1. The average molecular weight is 338 g/mol. The summed E-state index contributed by atoms with van der Waals surface area (Å²) in [5, 5.41) is 1.37. The van der Waals surface area contributed by atoms with Crippen molar-refractivity contribution in [2.24, 2.45) is 11.7 Å². The first-order valence-corrected chi connectivity index (χ1v) is 8.83. The summed E-state index contributed by atoms with van der Waals surface area (Å²) in [5.41, 5.74) is 12.9. The predicted molar refractivity (Wildman–Crippen MR) is 102 cm³/mol. The van der Waals surface area contributed by atoms with Crippen LogP contribution in [0, 0.1) is 5.92 Å². The lowest BCUT2D eigenvalue weighted by atomic mass is 9.86. The molecule has 0 spiro atoms. The second-order valence-corrected chi connectivity index (χ2v) is 6.82. The van der Waals surface area contributed by atoms with Gasteiger partial charge in [0.15, 0.2) is 0 Å². The van der Waals surface area contributed by atoms with Gasteiger partial charge in [0.1, 0.15) is 0 Å². The van der Waals surface area contributed by atoms with Gasteiger partial charge in [0.2, 0.25) is 0 Å². The Kier molecular flexibility index (Phi) is 5.09. The second kappa shape index (κ2) is 7.28. The Labute approximate surface area is 148 Å². The SMILES string of the molecule is CC1C=CC(c2[nH]c3cccc4c3c2CCC4N)=CC1.COC(C)=O. The molecule has 1 aromatic heterocycles. The van der Waals surface area contributed by atoms with Gasteiger partial charge in [0.05, 0.1) is 7.11 Å². The lowest BCUT2D eigenvalue weighted by Gasteiger charge is -2.20. The molecule has 0 aliphatic heterocycles. The standard InChI is InChI=1S/C18H20N2.C3H6O2/c1-11-5-7-12(8-6-11)18-14-9-10-15(19)13-3-2-4-16(20-18)17(13)14;1-3(4)5-2/h2-5,7-8,11,15,20H,6,9-10,19H2,1H3;1-2H3. The molecule has 2 aromatic rings. The van der Waals surface area contributed by atoms with Crippen LogP contribution < -0.4 is 5.73 Å². The Balaban J connectivity index is 0.000000324. The van der Waals surface area contributed by atoms with Crippen molar-refractivity contribution in [1.29, 1.82) is 0 Å². The quantitative estimate of drug-likeness (QED) is 0.763. The summed E-state index contributed by atoms with van der Waals surface area (Å²) < 4.78 is 4.11. The number of esters is 1. The molecule has 0 saturated carbocycles. The van der Waals surface area contributed by atoms with Gasteiger partial charge in [0, 0.05) is 29.6 Å². The highest BCUT2D eigenvalue weighted by Gasteiger charge is 2.24. The number of aryl methyl sites for hydroxylation is 1. The highest BCUT2D eigenvalue weighted by atomic mass is 16.5. The van der Waals surface area contributed by atoms with E-state index in [9.17, 15) is 4.79 Å². The van der Waals surface area contributed by atoms with Crippen molar-refractivity contribution in [3.8, 4) is 0 Å². The fraction of sp³-hybridized carbons (Fsp3) is 0.381. The summed E-state index contributed by atoms with van der Waals surface area (Å²) in [5.74, 6) is 0.411. The molecule has 0 radical (unpaired) electrons. The topological polar surface area (TPSA) is 68.1 Å². The molecule has 1 aromatic carbocycles. The van der Waals surface area contributed by atoms with E-state index in [0.717, 1.165) is 19.3 Å². The number of carbonyl (C=O) groups is 1. The number of carbonyl (C=O) groups excluding carboxylic acids is 1. The summed E-state index contributed by atoms with van der Waals surface area (Å²) in [6, 6.07) is 6.64. The van der Waals surface area contributed by atoms with Crippen LogP contribution in [0.5, 0.6) is 0 Å². The molecule has 2 atom stereocenters. The highest BCUT2D eigenvalue weighted by molar-refractivity contribution is 5.94. The van der Waals surface area contributed by atoms with Gasteiger partial charge in [-0.25, -0.2) is 0 Å². The first-order valence-electron chi connectivity index (χ1n) is 8.83. The lowest BCUT2D eigenvalue weighted by Crippen LogP contribution is -2.15. The Morgan fingerprint density at radius 3 is 2.76 bits per heavy atom.